The molecule has 2 rings (SSSR count). The summed E-state index contributed by atoms with van der Waals surface area (Å²) in [4.78, 5) is 10.9. The number of aryl methyl sites for hydroxylation is 1. The van der Waals surface area contributed by atoms with Gasteiger partial charge < -0.3 is 10.2 Å². The Balaban J connectivity index is 2.40. The zero-order valence-corrected chi connectivity index (χ0v) is 9.57. The van der Waals surface area contributed by atoms with Crippen LogP contribution in [-0.4, -0.2) is 16.2 Å². The Morgan fingerprint density at radius 1 is 1.47 bits per heavy atom. The first-order valence-electron chi connectivity index (χ1n) is 4.79. The Hall–Kier alpha value is -0.870. The molecule has 1 aromatic carbocycles. The van der Waals surface area contributed by atoms with Gasteiger partial charge in [-0.1, -0.05) is 22.0 Å². The van der Waals surface area contributed by atoms with Gasteiger partial charge in [0.05, 0.1) is 12.0 Å². The van der Waals surface area contributed by atoms with Crippen LogP contribution in [0.4, 0.5) is 0 Å². The molecule has 0 aromatic heterocycles. The number of halogens is 1. The molecule has 2 atom stereocenters. The van der Waals surface area contributed by atoms with E-state index in [1.807, 2.05) is 12.1 Å². The van der Waals surface area contributed by atoms with Gasteiger partial charge in [-0.3, -0.25) is 4.79 Å². The van der Waals surface area contributed by atoms with E-state index in [1.165, 1.54) is 0 Å². The molecule has 1 aliphatic carbocycles. The lowest BCUT2D eigenvalue weighted by atomic mass is 9.81. The minimum atomic E-state index is -0.923. The average molecular weight is 271 g/mol. The Kier molecular flexibility index (Phi) is 2.80. The number of hydrogen-bond donors (Lipinski definition) is 2. The number of benzene rings is 1. The molecule has 0 spiro atoms. The number of aliphatic carboxylic acids is 1. The first kappa shape index (κ1) is 10.6. The molecule has 2 N–H and O–H groups in total. The summed E-state index contributed by atoms with van der Waals surface area (Å²) in [6.07, 6.45) is 0.339. The molecular formula is C11H11BrO3. The lowest BCUT2D eigenvalue weighted by Gasteiger charge is -2.27. The van der Waals surface area contributed by atoms with Crippen LogP contribution >= 0.6 is 15.9 Å². The number of hydrogen-bond acceptors (Lipinski definition) is 2. The van der Waals surface area contributed by atoms with Gasteiger partial charge in [-0.05, 0) is 36.1 Å². The van der Waals surface area contributed by atoms with Crippen LogP contribution < -0.4 is 0 Å². The van der Waals surface area contributed by atoms with Crippen molar-refractivity contribution in [1.82, 2.24) is 0 Å². The van der Waals surface area contributed by atoms with Crippen LogP contribution in [0.2, 0.25) is 0 Å². The highest BCUT2D eigenvalue weighted by Crippen LogP contribution is 2.35. The second-order valence-corrected chi connectivity index (χ2v) is 4.69. The zero-order valence-electron chi connectivity index (χ0n) is 7.98. The third-order valence-electron chi connectivity index (χ3n) is 2.85. The van der Waals surface area contributed by atoms with Crippen molar-refractivity contribution in [1.29, 1.82) is 0 Å². The Labute approximate surface area is 95.9 Å². The van der Waals surface area contributed by atoms with Crippen LogP contribution in [0.25, 0.3) is 0 Å². The minimum Gasteiger partial charge on any atom is -0.481 e. The summed E-state index contributed by atoms with van der Waals surface area (Å²) in [5.74, 6) is -1.60. The van der Waals surface area contributed by atoms with Crippen molar-refractivity contribution < 1.29 is 15.0 Å². The molecule has 0 fully saturated rings. The number of carboxylic acid groups (broad SMARTS) is 1. The van der Waals surface area contributed by atoms with Crippen LogP contribution in [-0.2, 0) is 11.2 Å². The predicted octanol–water partition coefficient (Wildman–Crippen LogP) is 2.13. The van der Waals surface area contributed by atoms with E-state index in [2.05, 4.69) is 15.9 Å². The molecule has 1 aromatic rings. The fraction of sp³-hybridized carbons (Fsp3) is 0.364. The van der Waals surface area contributed by atoms with E-state index < -0.39 is 18.0 Å². The topological polar surface area (TPSA) is 57.5 Å². The van der Waals surface area contributed by atoms with Crippen LogP contribution in [0.1, 0.15) is 23.7 Å². The van der Waals surface area contributed by atoms with E-state index in [-0.39, 0.29) is 0 Å². The molecule has 0 radical (unpaired) electrons. The monoisotopic (exact) mass is 270 g/mol. The highest BCUT2D eigenvalue weighted by molar-refractivity contribution is 9.10. The maximum Gasteiger partial charge on any atom is 0.309 e. The quantitative estimate of drug-likeness (QED) is 0.822. The number of aliphatic hydroxyl groups excluding tert-OH is 1. The SMILES string of the molecule is O=C(O)C1CCc2ccc(Br)cc2C1O. The van der Waals surface area contributed by atoms with Crippen molar-refractivity contribution in [3.8, 4) is 0 Å². The molecule has 0 heterocycles. The Morgan fingerprint density at radius 2 is 2.20 bits per heavy atom. The molecular weight excluding hydrogens is 260 g/mol. The smallest absolute Gasteiger partial charge is 0.309 e. The highest BCUT2D eigenvalue weighted by Gasteiger charge is 2.32. The van der Waals surface area contributed by atoms with E-state index in [1.54, 1.807) is 6.07 Å². The van der Waals surface area contributed by atoms with Gasteiger partial charge >= 0.3 is 5.97 Å². The highest BCUT2D eigenvalue weighted by atomic mass is 79.9. The number of carboxylic acids is 1. The molecule has 15 heavy (non-hydrogen) atoms. The molecule has 0 saturated heterocycles. The zero-order chi connectivity index (χ0) is 11.0. The molecule has 0 bridgehead atoms. The molecule has 0 amide bonds. The number of rotatable bonds is 1. The summed E-state index contributed by atoms with van der Waals surface area (Å²) in [6.45, 7) is 0. The summed E-state index contributed by atoms with van der Waals surface area (Å²) in [7, 11) is 0. The second-order valence-electron chi connectivity index (χ2n) is 3.77. The molecule has 0 saturated carbocycles. The van der Waals surface area contributed by atoms with Crippen LogP contribution in [0, 0.1) is 5.92 Å². The number of carbonyl (C=O) groups is 1. The molecule has 80 valence electrons. The van der Waals surface area contributed by atoms with Gasteiger partial charge in [-0.15, -0.1) is 0 Å². The Morgan fingerprint density at radius 3 is 2.87 bits per heavy atom. The largest absolute Gasteiger partial charge is 0.481 e. The maximum atomic E-state index is 10.9. The third kappa shape index (κ3) is 1.92. The summed E-state index contributed by atoms with van der Waals surface area (Å²) in [5, 5.41) is 18.8. The third-order valence-corrected chi connectivity index (χ3v) is 3.34. The van der Waals surface area contributed by atoms with Gasteiger partial charge in [-0.2, -0.15) is 0 Å². The Bertz CT molecular complexity index is 403. The molecule has 4 heteroatoms. The van der Waals surface area contributed by atoms with E-state index >= 15 is 0 Å². The van der Waals surface area contributed by atoms with Gasteiger partial charge in [0, 0.05) is 4.47 Å². The summed E-state index contributed by atoms with van der Waals surface area (Å²) >= 11 is 3.32. The van der Waals surface area contributed by atoms with E-state index in [9.17, 15) is 9.90 Å². The van der Waals surface area contributed by atoms with Gasteiger partial charge in [0.2, 0.25) is 0 Å². The first-order valence-corrected chi connectivity index (χ1v) is 5.58. The number of fused-ring (bicyclic) bond motifs is 1. The summed E-state index contributed by atoms with van der Waals surface area (Å²) in [6, 6.07) is 5.64. The predicted molar refractivity (Wildman–Crippen MR) is 58.5 cm³/mol. The van der Waals surface area contributed by atoms with Crippen molar-refractivity contribution in [3.63, 3.8) is 0 Å². The van der Waals surface area contributed by atoms with Crippen molar-refractivity contribution in [2.24, 2.45) is 5.92 Å². The fourth-order valence-corrected chi connectivity index (χ4v) is 2.39. The lowest BCUT2D eigenvalue weighted by Crippen LogP contribution is -2.27. The minimum absolute atomic E-state index is 0.505. The van der Waals surface area contributed by atoms with E-state index in [0.717, 1.165) is 22.0 Å². The molecule has 0 aliphatic heterocycles. The van der Waals surface area contributed by atoms with Gasteiger partial charge in [0.1, 0.15) is 0 Å². The molecule has 2 unspecified atom stereocenters. The van der Waals surface area contributed by atoms with Crippen molar-refractivity contribution in [2.45, 2.75) is 18.9 Å². The van der Waals surface area contributed by atoms with Crippen LogP contribution in [0.3, 0.4) is 0 Å². The second kappa shape index (κ2) is 3.94. The van der Waals surface area contributed by atoms with Gasteiger partial charge in [-0.25, -0.2) is 0 Å². The van der Waals surface area contributed by atoms with E-state index in [4.69, 9.17) is 5.11 Å². The normalized spacial score (nSPS) is 24.7. The first-order chi connectivity index (χ1) is 7.09. The summed E-state index contributed by atoms with van der Waals surface area (Å²) in [5.41, 5.74) is 1.78. The van der Waals surface area contributed by atoms with Crippen LogP contribution in [0.15, 0.2) is 22.7 Å². The van der Waals surface area contributed by atoms with Gasteiger partial charge in [0.25, 0.3) is 0 Å². The van der Waals surface area contributed by atoms with Crippen LogP contribution in [0.5, 0.6) is 0 Å². The number of aliphatic hydroxyl groups is 1. The van der Waals surface area contributed by atoms with Gasteiger partial charge in [0.15, 0.2) is 0 Å². The standard InChI is InChI=1S/C11H11BrO3/c12-7-3-1-6-2-4-8(11(14)15)10(13)9(6)5-7/h1,3,5,8,10,13H,2,4H2,(H,14,15). The lowest BCUT2D eigenvalue weighted by molar-refractivity contribution is -0.146. The average Bonchev–Trinajstić information content (AvgIpc) is 2.19. The summed E-state index contributed by atoms with van der Waals surface area (Å²) < 4.78 is 0.867. The van der Waals surface area contributed by atoms with E-state index in [0.29, 0.717) is 6.42 Å². The molecule has 3 nitrogen and oxygen atoms in total. The van der Waals surface area contributed by atoms with Crippen molar-refractivity contribution in [2.75, 3.05) is 0 Å². The maximum absolute atomic E-state index is 10.9. The van der Waals surface area contributed by atoms with Crippen molar-refractivity contribution in [3.05, 3.63) is 33.8 Å². The molecule has 1 aliphatic rings. The fourth-order valence-electron chi connectivity index (χ4n) is 2.01. The van der Waals surface area contributed by atoms with Crippen molar-refractivity contribution >= 4 is 21.9 Å².